The fourth-order valence-corrected chi connectivity index (χ4v) is 2.21. The third-order valence-corrected chi connectivity index (χ3v) is 3.39. The molecule has 0 aliphatic rings. The molecular weight excluding hydrogens is 504 g/mol. The zero-order chi connectivity index (χ0) is 17.3. The molecule has 0 heterocycles. The van der Waals surface area contributed by atoms with Crippen molar-refractivity contribution in [3.63, 3.8) is 0 Å². The minimum atomic E-state index is -0.725. The van der Waals surface area contributed by atoms with Crippen molar-refractivity contribution in [2.75, 3.05) is 20.3 Å². The summed E-state index contributed by atoms with van der Waals surface area (Å²) in [6.07, 6.45) is 1.35. The van der Waals surface area contributed by atoms with Gasteiger partial charge in [0, 0.05) is 18.1 Å². The van der Waals surface area contributed by atoms with Gasteiger partial charge in [0.25, 0.3) is 0 Å². The van der Waals surface area contributed by atoms with E-state index < -0.39 is 5.60 Å². The van der Waals surface area contributed by atoms with Crippen LogP contribution < -0.4 is 0 Å². The van der Waals surface area contributed by atoms with Crippen molar-refractivity contribution in [2.45, 2.75) is 78.1 Å². The van der Waals surface area contributed by atoms with Crippen molar-refractivity contribution in [3.8, 4) is 0 Å². The van der Waals surface area contributed by atoms with E-state index >= 15 is 0 Å². The van der Waals surface area contributed by atoms with Crippen LogP contribution in [0.25, 0.3) is 5.73 Å². The van der Waals surface area contributed by atoms with Gasteiger partial charge in [-0.2, -0.15) is 13.5 Å². The van der Waals surface area contributed by atoms with Gasteiger partial charge in [-0.25, -0.2) is 0 Å². The Hall–Kier alpha value is 0.892. The van der Waals surface area contributed by atoms with Crippen LogP contribution in [0.5, 0.6) is 0 Å². The van der Waals surface area contributed by atoms with E-state index in [9.17, 15) is 5.11 Å². The smallest absolute Gasteiger partial charge is 0.680 e. The molecule has 0 aliphatic heterocycles. The topological polar surface area (TPSA) is 62.5 Å². The molecule has 0 rings (SSSR count). The Balaban J connectivity index is -0.00000115. The normalized spacial score (nSPS) is 13.8. The third kappa shape index (κ3) is 13.3. The van der Waals surface area contributed by atoms with Crippen molar-refractivity contribution < 1.29 is 45.7 Å². The Morgan fingerprint density at radius 2 is 1.55 bits per heavy atom. The van der Waals surface area contributed by atoms with E-state index in [0.29, 0.717) is 26.1 Å². The Kier molecular flexibility index (Phi) is 15.5. The van der Waals surface area contributed by atoms with Crippen LogP contribution in [-0.4, -0.2) is 42.2 Å². The van der Waals surface area contributed by atoms with E-state index in [1.54, 1.807) is 0 Å². The van der Waals surface area contributed by atoms with Crippen molar-refractivity contribution in [1.82, 2.24) is 0 Å². The monoisotopic (exact) mass is 541 g/mol. The van der Waals surface area contributed by atoms with Gasteiger partial charge in [0.2, 0.25) is 0 Å². The van der Waals surface area contributed by atoms with Crippen molar-refractivity contribution in [2.24, 2.45) is 5.92 Å². The molecule has 1 unspecified atom stereocenters. The molecule has 2 N–H and O–H groups in total. The SMILES string of the molecule is C[NH-].[CH2-]CC(C)(C)OC(C)(C)C(COCC)CC(C)(C)O.[U+2]. The van der Waals surface area contributed by atoms with Gasteiger partial charge in [0.05, 0.1) is 17.8 Å². The van der Waals surface area contributed by atoms with Gasteiger partial charge in [0.15, 0.2) is 0 Å². The van der Waals surface area contributed by atoms with Crippen molar-refractivity contribution in [3.05, 3.63) is 12.7 Å². The number of rotatable bonds is 9. The molecular formula is C17H37NO3U. The van der Waals surface area contributed by atoms with Crippen LogP contribution in [0.2, 0.25) is 0 Å². The van der Waals surface area contributed by atoms with Gasteiger partial charge in [-0.3, -0.25) is 0 Å². The molecule has 1 atom stereocenters. The third-order valence-electron chi connectivity index (χ3n) is 3.39. The minimum Gasteiger partial charge on any atom is -0.680 e. The summed E-state index contributed by atoms with van der Waals surface area (Å²) < 4.78 is 11.8. The number of hydrogen-bond acceptors (Lipinski definition) is 3. The standard InChI is InChI=1S/C16H33O3.CH4N.U/c1-9-15(5,6)19-16(7,8)13(12-18-10-2)11-14(3,4)17;1-2;/h13,17H,1,9-12H2,2-8H3;2H,1H3;/q2*-1;+2. The zero-order valence-corrected chi connectivity index (χ0v) is 20.0. The molecule has 0 radical (unpaired) electrons. The molecule has 0 bridgehead atoms. The first kappa shape index (κ1) is 27.7. The summed E-state index contributed by atoms with van der Waals surface area (Å²) in [5.74, 6) is 0.137. The van der Waals surface area contributed by atoms with E-state index in [4.69, 9.17) is 15.2 Å². The van der Waals surface area contributed by atoms with Gasteiger partial charge in [-0.1, -0.05) is 0 Å². The first-order valence-electron chi connectivity index (χ1n) is 7.73. The first-order valence-corrected chi connectivity index (χ1v) is 7.73. The number of aliphatic hydroxyl groups is 1. The molecule has 0 fully saturated rings. The summed E-state index contributed by atoms with van der Waals surface area (Å²) in [5, 5.41) is 10.1. The fourth-order valence-electron chi connectivity index (χ4n) is 2.21. The molecule has 132 valence electrons. The largest absolute Gasteiger partial charge is 2.00 e. The fraction of sp³-hybridized carbons (Fsp3) is 0.941. The maximum Gasteiger partial charge on any atom is 2.00 e. The molecule has 22 heavy (non-hydrogen) atoms. The molecule has 5 heteroatoms. The summed E-state index contributed by atoms with van der Waals surface area (Å²) in [6.45, 7) is 19.1. The molecule has 0 amide bonds. The summed E-state index contributed by atoms with van der Waals surface area (Å²) in [5.41, 5.74) is 4.39. The van der Waals surface area contributed by atoms with Gasteiger partial charge in [-0.15, -0.1) is 0 Å². The van der Waals surface area contributed by atoms with Crippen LogP contribution in [0, 0.1) is 44.0 Å². The minimum absolute atomic E-state index is 0. The average Bonchev–Trinajstić information content (AvgIpc) is 2.34. The van der Waals surface area contributed by atoms with Crippen LogP contribution >= 0.6 is 0 Å². The molecule has 0 aliphatic carbocycles. The van der Waals surface area contributed by atoms with Crippen LogP contribution in [0.15, 0.2) is 0 Å². The molecule has 4 nitrogen and oxygen atoms in total. The van der Waals surface area contributed by atoms with Crippen LogP contribution in [0.1, 0.15) is 61.3 Å². The van der Waals surface area contributed by atoms with Gasteiger partial charge < -0.3 is 27.2 Å². The zero-order valence-electron chi connectivity index (χ0n) is 15.9. The summed E-state index contributed by atoms with van der Waals surface area (Å²) in [7, 11) is 1.25. The summed E-state index contributed by atoms with van der Waals surface area (Å²) in [6, 6.07) is 0. The molecule has 0 aromatic rings. The Bertz CT molecular complexity index is 263. The maximum absolute atomic E-state index is 10.1. The van der Waals surface area contributed by atoms with Crippen LogP contribution in [-0.2, 0) is 9.47 Å². The van der Waals surface area contributed by atoms with E-state index in [0.717, 1.165) is 0 Å². The quantitative estimate of drug-likeness (QED) is 0.444. The summed E-state index contributed by atoms with van der Waals surface area (Å²) in [4.78, 5) is 0. The predicted molar refractivity (Wildman–Crippen MR) is 90.4 cm³/mol. The van der Waals surface area contributed by atoms with Gasteiger partial charge in [0.1, 0.15) is 0 Å². The number of ether oxygens (including phenoxy) is 2. The molecule has 0 aromatic heterocycles. The second-order valence-corrected chi connectivity index (χ2v) is 7.09. The summed E-state index contributed by atoms with van der Waals surface area (Å²) >= 11 is 0. The van der Waals surface area contributed by atoms with Crippen LogP contribution in [0.3, 0.4) is 0 Å². The van der Waals surface area contributed by atoms with E-state index in [-0.39, 0.29) is 48.2 Å². The number of nitrogens with one attached hydrogen (secondary N) is 1. The van der Waals surface area contributed by atoms with E-state index in [2.05, 4.69) is 20.8 Å². The Morgan fingerprint density at radius 3 is 1.86 bits per heavy atom. The predicted octanol–water partition coefficient (Wildman–Crippen LogP) is 4.27. The van der Waals surface area contributed by atoms with Crippen molar-refractivity contribution >= 4 is 0 Å². The molecule has 0 saturated carbocycles. The second-order valence-electron chi connectivity index (χ2n) is 7.09. The van der Waals surface area contributed by atoms with Crippen molar-refractivity contribution in [1.29, 1.82) is 0 Å². The second kappa shape index (κ2) is 12.3. The maximum atomic E-state index is 10.1. The van der Waals surface area contributed by atoms with Crippen LogP contribution in [0.4, 0.5) is 0 Å². The Morgan fingerprint density at radius 1 is 1.09 bits per heavy atom. The molecule has 0 aromatic carbocycles. The molecule has 0 saturated heterocycles. The molecule has 0 spiro atoms. The Labute approximate surface area is 162 Å². The van der Waals surface area contributed by atoms with E-state index in [1.807, 2.05) is 34.6 Å². The first-order chi connectivity index (χ1) is 9.43. The van der Waals surface area contributed by atoms with Gasteiger partial charge >= 0.3 is 31.1 Å². The van der Waals surface area contributed by atoms with E-state index in [1.165, 1.54) is 7.05 Å². The number of hydrogen-bond donors (Lipinski definition) is 1. The average molecular weight is 542 g/mol. The van der Waals surface area contributed by atoms with Gasteiger partial charge in [-0.05, 0) is 54.9 Å².